The van der Waals surface area contributed by atoms with E-state index in [2.05, 4.69) is 46.3 Å². The van der Waals surface area contributed by atoms with E-state index < -0.39 is 5.95 Å². The van der Waals surface area contributed by atoms with Crippen molar-refractivity contribution in [1.82, 2.24) is 20.5 Å². The van der Waals surface area contributed by atoms with Gasteiger partial charge in [0.1, 0.15) is 5.75 Å². The molecule has 2 saturated heterocycles. The van der Waals surface area contributed by atoms with E-state index in [0.717, 1.165) is 18.7 Å². The fraction of sp³-hybridized carbons (Fsp3) is 0.423. The van der Waals surface area contributed by atoms with Crippen LogP contribution in [0.25, 0.3) is 22.4 Å². The molecule has 34 heavy (non-hydrogen) atoms. The van der Waals surface area contributed by atoms with E-state index in [1.54, 1.807) is 18.2 Å². The first-order valence-electron chi connectivity index (χ1n) is 11.6. The van der Waals surface area contributed by atoms with Crippen molar-refractivity contribution >= 4 is 5.82 Å². The Balaban J connectivity index is 1.35. The number of nitrogens with one attached hydrogen (secondary N) is 1. The number of nitrogens with zero attached hydrogens (tertiary/aromatic N) is 4. The van der Waals surface area contributed by atoms with Gasteiger partial charge in [-0.15, -0.1) is 10.2 Å². The number of anilines is 1. The van der Waals surface area contributed by atoms with Crippen LogP contribution in [0.3, 0.4) is 0 Å². The molecule has 0 spiro atoms. The van der Waals surface area contributed by atoms with E-state index in [-0.39, 0.29) is 22.6 Å². The normalized spacial score (nSPS) is 25.9. The third-order valence-corrected chi connectivity index (χ3v) is 7.40. The SMILES string of the molecule is COc1cc(-c2ccc(-c3ccc(N(C)[C@@H]4C[C@]5(C)CC[C@](C)(C4)N5)nn3)c(O)c2)cnc1F. The number of phenols is 1. The fourth-order valence-corrected chi connectivity index (χ4v) is 5.60. The first kappa shape index (κ1) is 22.5. The number of methoxy groups -OCH3 is 1. The summed E-state index contributed by atoms with van der Waals surface area (Å²) in [6, 6.07) is 11.0. The minimum absolute atomic E-state index is 0.0522. The minimum atomic E-state index is -0.673. The highest BCUT2D eigenvalue weighted by Gasteiger charge is 2.49. The lowest BCUT2D eigenvalue weighted by Gasteiger charge is -2.45. The van der Waals surface area contributed by atoms with E-state index in [9.17, 15) is 9.50 Å². The average Bonchev–Trinajstić information content (AvgIpc) is 3.05. The molecule has 0 radical (unpaired) electrons. The monoisotopic (exact) mass is 463 g/mol. The maximum Gasteiger partial charge on any atom is 0.255 e. The number of ether oxygens (including phenoxy) is 1. The van der Waals surface area contributed by atoms with Gasteiger partial charge < -0.3 is 20.1 Å². The van der Waals surface area contributed by atoms with Gasteiger partial charge in [0.05, 0.1) is 12.8 Å². The Morgan fingerprint density at radius 1 is 1.06 bits per heavy atom. The molecule has 0 unspecified atom stereocenters. The van der Waals surface area contributed by atoms with Crippen LogP contribution in [0.5, 0.6) is 11.5 Å². The van der Waals surface area contributed by atoms with Crippen molar-refractivity contribution in [3.8, 4) is 33.9 Å². The molecular weight excluding hydrogens is 433 g/mol. The van der Waals surface area contributed by atoms with Crippen molar-refractivity contribution in [2.45, 2.75) is 56.7 Å². The number of piperidine rings is 1. The molecule has 178 valence electrons. The Morgan fingerprint density at radius 3 is 2.41 bits per heavy atom. The predicted octanol–water partition coefficient (Wildman–Crippen LogP) is 4.56. The van der Waals surface area contributed by atoms with Crippen LogP contribution in [-0.2, 0) is 0 Å². The van der Waals surface area contributed by atoms with Crippen LogP contribution in [0.4, 0.5) is 10.2 Å². The molecule has 2 aliphatic rings. The largest absolute Gasteiger partial charge is 0.507 e. The molecule has 0 aliphatic carbocycles. The van der Waals surface area contributed by atoms with E-state index >= 15 is 0 Å². The number of halogens is 1. The van der Waals surface area contributed by atoms with Gasteiger partial charge in [0.25, 0.3) is 5.95 Å². The summed E-state index contributed by atoms with van der Waals surface area (Å²) in [6.45, 7) is 4.63. The minimum Gasteiger partial charge on any atom is -0.507 e. The molecule has 2 fully saturated rings. The standard InChI is InChI=1S/C26H30FN5O2/c1-25-9-10-26(2,31-25)14-18(13-25)32(3)23-8-7-20(29-30-23)19-6-5-16(11-21(19)33)17-12-22(34-4)24(27)28-15-17/h5-8,11-12,15,18,31,33H,9-10,13-14H2,1-4H3/t18-,25+,26-. The zero-order chi connectivity index (χ0) is 24.1. The lowest BCUT2D eigenvalue weighted by molar-refractivity contribution is 0.207. The number of hydrogen-bond donors (Lipinski definition) is 2. The van der Waals surface area contributed by atoms with Crippen LogP contribution in [0.1, 0.15) is 39.5 Å². The van der Waals surface area contributed by atoms with Crippen molar-refractivity contribution in [2.75, 3.05) is 19.1 Å². The maximum absolute atomic E-state index is 13.6. The third kappa shape index (κ3) is 4.07. The molecule has 5 rings (SSSR count). The van der Waals surface area contributed by atoms with Gasteiger partial charge >= 0.3 is 0 Å². The maximum atomic E-state index is 13.6. The number of fused-ring (bicyclic) bond motifs is 2. The van der Waals surface area contributed by atoms with Crippen LogP contribution in [-0.4, -0.2) is 51.6 Å². The molecule has 3 atom stereocenters. The summed E-state index contributed by atoms with van der Waals surface area (Å²) in [7, 11) is 3.48. The van der Waals surface area contributed by atoms with Crippen molar-refractivity contribution in [3.05, 3.63) is 48.5 Å². The van der Waals surface area contributed by atoms with E-state index in [1.807, 2.05) is 18.2 Å². The van der Waals surface area contributed by atoms with Crippen LogP contribution in [0.15, 0.2) is 42.6 Å². The van der Waals surface area contributed by atoms with Crippen molar-refractivity contribution in [2.24, 2.45) is 0 Å². The fourth-order valence-electron chi connectivity index (χ4n) is 5.60. The quantitative estimate of drug-likeness (QED) is 0.537. The van der Waals surface area contributed by atoms with Gasteiger partial charge in [-0.2, -0.15) is 4.39 Å². The molecule has 0 saturated carbocycles. The first-order valence-corrected chi connectivity index (χ1v) is 11.6. The Kier molecular flexibility index (Phi) is 5.43. The second-order valence-electron chi connectivity index (χ2n) is 10.1. The Bertz CT molecular complexity index is 1200. The van der Waals surface area contributed by atoms with Crippen molar-refractivity contribution in [1.29, 1.82) is 0 Å². The number of pyridine rings is 1. The van der Waals surface area contributed by atoms with Gasteiger partial charge in [0.15, 0.2) is 11.6 Å². The van der Waals surface area contributed by atoms with Gasteiger partial charge in [-0.3, -0.25) is 0 Å². The molecule has 0 amide bonds. The number of rotatable bonds is 5. The summed E-state index contributed by atoms with van der Waals surface area (Å²) >= 11 is 0. The molecule has 3 aromatic rings. The third-order valence-electron chi connectivity index (χ3n) is 7.40. The summed E-state index contributed by atoms with van der Waals surface area (Å²) < 4.78 is 18.6. The van der Waals surface area contributed by atoms with Crippen LogP contribution in [0.2, 0.25) is 0 Å². The Labute approximate surface area is 199 Å². The summed E-state index contributed by atoms with van der Waals surface area (Å²) in [6.07, 6.45) is 5.97. The highest BCUT2D eigenvalue weighted by Crippen LogP contribution is 2.44. The molecule has 2 bridgehead atoms. The van der Waals surface area contributed by atoms with Gasteiger partial charge in [0, 0.05) is 41.5 Å². The zero-order valence-electron chi connectivity index (χ0n) is 20.0. The Hall–Kier alpha value is -3.26. The van der Waals surface area contributed by atoms with E-state index in [1.165, 1.54) is 26.1 Å². The number of aromatic nitrogens is 3. The number of benzene rings is 1. The highest BCUT2D eigenvalue weighted by molar-refractivity contribution is 5.74. The van der Waals surface area contributed by atoms with Gasteiger partial charge in [-0.25, -0.2) is 4.98 Å². The second-order valence-corrected chi connectivity index (χ2v) is 10.1. The van der Waals surface area contributed by atoms with E-state index in [4.69, 9.17) is 4.74 Å². The number of phenolic OH excluding ortho intramolecular Hbond substituents is 1. The van der Waals surface area contributed by atoms with Crippen LogP contribution in [0, 0.1) is 5.95 Å². The summed E-state index contributed by atoms with van der Waals surface area (Å²) in [4.78, 5) is 5.95. The molecular formula is C26H30FN5O2. The van der Waals surface area contributed by atoms with E-state index in [0.29, 0.717) is 28.4 Å². The van der Waals surface area contributed by atoms with Gasteiger partial charge in [-0.1, -0.05) is 6.07 Å². The van der Waals surface area contributed by atoms with Gasteiger partial charge in [0.2, 0.25) is 0 Å². The van der Waals surface area contributed by atoms with Crippen molar-refractivity contribution in [3.63, 3.8) is 0 Å². The molecule has 7 nitrogen and oxygen atoms in total. The molecule has 2 aromatic heterocycles. The van der Waals surface area contributed by atoms with Crippen LogP contribution < -0.4 is 15.0 Å². The molecule has 2 N–H and O–H groups in total. The Morgan fingerprint density at radius 2 is 1.79 bits per heavy atom. The number of hydrogen-bond acceptors (Lipinski definition) is 7. The summed E-state index contributed by atoms with van der Waals surface area (Å²) in [5.74, 6) is 0.263. The molecule has 4 heterocycles. The lowest BCUT2D eigenvalue weighted by atomic mass is 9.84. The summed E-state index contributed by atoms with van der Waals surface area (Å²) in [5, 5.41) is 23.4. The van der Waals surface area contributed by atoms with Crippen molar-refractivity contribution < 1.29 is 14.2 Å². The lowest BCUT2D eigenvalue weighted by Crippen LogP contribution is -2.58. The number of aromatic hydroxyl groups is 1. The second kappa shape index (κ2) is 8.20. The van der Waals surface area contributed by atoms with Gasteiger partial charge in [-0.05, 0) is 75.4 Å². The predicted molar refractivity (Wildman–Crippen MR) is 129 cm³/mol. The molecule has 1 aromatic carbocycles. The average molecular weight is 464 g/mol. The highest BCUT2D eigenvalue weighted by atomic mass is 19.1. The first-order chi connectivity index (χ1) is 16.2. The topological polar surface area (TPSA) is 83.4 Å². The smallest absolute Gasteiger partial charge is 0.255 e. The molecule has 8 heteroatoms. The summed E-state index contributed by atoms with van der Waals surface area (Å²) in [5.41, 5.74) is 2.85. The molecule has 2 aliphatic heterocycles. The van der Waals surface area contributed by atoms with Crippen LogP contribution >= 0.6 is 0 Å². The zero-order valence-corrected chi connectivity index (χ0v) is 20.0.